The number of aromatic nitrogens is 2. The predicted molar refractivity (Wildman–Crippen MR) is 87.9 cm³/mol. The Morgan fingerprint density at radius 2 is 2.00 bits per heavy atom. The highest BCUT2D eigenvalue weighted by molar-refractivity contribution is 7.92. The smallest absolute Gasteiger partial charge is 0.289 e. The van der Waals surface area contributed by atoms with Crippen molar-refractivity contribution in [3.8, 4) is 0 Å². The lowest BCUT2D eigenvalue weighted by Gasteiger charge is -2.08. The highest BCUT2D eigenvalue weighted by Gasteiger charge is 2.25. The Morgan fingerprint density at radius 3 is 2.71 bits per heavy atom. The van der Waals surface area contributed by atoms with Gasteiger partial charge in [-0.25, -0.2) is 13.4 Å². The van der Waals surface area contributed by atoms with Crippen molar-refractivity contribution in [1.82, 2.24) is 9.97 Å². The number of para-hydroxylation sites is 1. The molecular formula is C14H13N5O4S. The summed E-state index contributed by atoms with van der Waals surface area (Å²) in [4.78, 5) is 17.1. The normalized spacial score (nSPS) is 11.5. The SMILES string of the molecule is NCc1nc2ccc(NS(=O)(=O)c3ccccc3[N+](=O)[O-])cc2[nH]1. The van der Waals surface area contributed by atoms with E-state index in [4.69, 9.17) is 5.73 Å². The molecule has 0 spiro atoms. The van der Waals surface area contributed by atoms with E-state index in [1.54, 1.807) is 12.1 Å². The fraction of sp³-hybridized carbons (Fsp3) is 0.0714. The average molecular weight is 347 g/mol. The van der Waals surface area contributed by atoms with Gasteiger partial charge in [0.25, 0.3) is 15.7 Å². The van der Waals surface area contributed by atoms with Crippen LogP contribution in [0.1, 0.15) is 5.82 Å². The van der Waals surface area contributed by atoms with Gasteiger partial charge in [0.05, 0.1) is 28.2 Å². The van der Waals surface area contributed by atoms with Gasteiger partial charge in [-0.15, -0.1) is 0 Å². The Morgan fingerprint density at radius 1 is 1.25 bits per heavy atom. The summed E-state index contributed by atoms with van der Waals surface area (Å²) in [5, 5.41) is 11.0. The molecule has 0 aliphatic carbocycles. The quantitative estimate of drug-likeness (QED) is 0.473. The van der Waals surface area contributed by atoms with Crippen molar-refractivity contribution in [1.29, 1.82) is 0 Å². The van der Waals surface area contributed by atoms with Crippen molar-refractivity contribution in [2.75, 3.05) is 4.72 Å². The van der Waals surface area contributed by atoms with E-state index < -0.39 is 25.5 Å². The first-order valence-electron chi connectivity index (χ1n) is 6.85. The van der Waals surface area contributed by atoms with Crippen molar-refractivity contribution >= 4 is 32.4 Å². The number of benzene rings is 2. The second kappa shape index (κ2) is 5.91. The summed E-state index contributed by atoms with van der Waals surface area (Å²) in [7, 11) is -4.11. The topological polar surface area (TPSA) is 144 Å². The molecular weight excluding hydrogens is 334 g/mol. The number of anilines is 1. The van der Waals surface area contributed by atoms with E-state index in [-0.39, 0.29) is 12.2 Å². The lowest BCUT2D eigenvalue weighted by atomic mass is 10.3. The van der Waals surface area contributed by atoms with E-state index in [2.05, 4.69) is 14.7 Å². The first-order valence-corrected chi connectivity index (χ1v) is 8.34. The van der Waals surface area contributed by atoms with Crippen LogP contribution in [0.2, 0.25) is 0 Å². The summed E-state index contributed by atoms with van der Waals surface area (Å²) in [5.74, 6) is 0.573. The summed E-state index contributed by atoms with van der Waals surface area (Å²) in [6.45, 7) is 0.228. The number of hydrogen-bond acceptors (Lipinski definition) is 6. The number of H-pyrrole nitrogens is 1. The summed E-state index contributed by atoms with van der Waals surface area (Å²) < 4.78 is 27.3. The maximum absolute atomic E-state index is 12.5. The average Bonchev–Trinajstić information content (AvgIpc) is 2.97. The van der Waals surface area contributed by atoms with Crippen LogP contribution in [0, 0.1) is 10.1 Å². The van der Waals surface area contributed by atoms with Crippen LogP contribution in [0.25, 0.3) is 11.0 Å². The van der Waals surface area contributed by atoms with Crippen LogP contribution in [0.4, 0.5) is 11.4 Å². The number of imidazole rings is 1. The van der Waals surface area contributed by atoms with E-state index in [9.17, 15) is 18.5 Å². The highest BCUT2D eigenvalue weighted by Crippen LogP contribution is 2.26. The van der Waals surface area contributed by atoms with Crippen LogP contribution in [0.15, 0.2) is 47.4 Å². The lowest BCUT2D eigenvalue weighted by Crippen LogP contribution is -2.14. The number of hydrogen-bond donors (Lipinski definition) is 3. The van der Waals surface area contributed by atoms with Crippen LogP contribution in [0.5, 0.6) is 0 Å². The number of fused-ring (bicyclic) bond motifs is 1. The van der Waals surface area contributed by atoms with Crippen molar-refractivity contribution in [3.05, 3.63) is 58.4 Å². The summed E-state index contributed by atoms with van der Waals surface area (Å²) >= 11 is 0. The van der Waals surface area contributed by atoms with Crippen molar-refractivity contribution < 1.29 is 13.3 Å². The second-order valence-corrected chi connectivity index (χ2v) is 6.60. The number of rotatable bonds is 5. The minimum absolute atomic E-state index is 0.228. The molecule has 0 atom stereocenters. The molecule has 1 heterocycles. The molecule has 10 heteroatoms. The molecule has 0 fully saturated rings. The second-order valence-electron chi connectivity index (χ2n) is 4.95. The summed E-state index contributed by atoms with van der Waals surface area (Å²) in [5.41, 5.74) is 6.53. The highest BCUT2D eigenvalue weighted by atomic mass is 32.2. The number of nitro benzene ring substituents is 1. The van der Waals surface area contributed by atoms with Crippen molar-refractivity contribution in [2.24, 2.45) is 5.73 Å². The van der Waals surface area contributed by atoms with E-state index >= 15 is 0 Å². The minimum atomic E-state index is -4.11. The third-order valence-electron chi connectivity index (χ3n) is 3.33. The van der Waals surface area contributed by atoms with E-state index in [0.29, 0.717) is 16.9 Å². The van der Waals surface area contributed by atoms with E-state index in [1.165, 1.54) is 24.3 Å². The van der Waals surface area contributed by atoms with Crippen LogP contribution >= 0.6 is 0 Å². The predicted octanol–water partition coefficient (Wildman–Crippen LogP) is 1.73. The Balaban J connectivity index is 1.99. The van der Waals surface area contributed by atoms with Gasteiger partial charge in [0.1, 0.15) is 5.82 Å². The van der Waals surface area contributed by atoms with Crippen LogP contribution in [-0.4, -0.2) is 23.3 Å². The molecule has 0 radical (unpaired) electrons. The number of nitrogens with one attached hydrogen (secondary N) is 2. The van der Waals surface area contributed by atoms with Crippen LogP contribution < -0.4 is 10.5 Å². The molecule has 1 aromatic heterocycles. The molecule has 4 N–H and O–H groups in total. The molecule has 3 aromatic rings. The molecule has 0 amide bonds. The Bertz CT molecular complexity index is 1030. The monoisotopic (exact) mass is 347 g/mol. The number of aromatic amines is 1. The van der Waals surface area contributed by atoms with Gasteiger partial charge in [0, 0.05) is 6.07 Å². The van der Waals surface area contributed by atoms with Gasteiger partial charge in [-0.1, -0.05) is 12.1 Å². The molecule has 24 heavy (non-hydrogen) atoms. The molecule has 3 rings (SSSR count). The number of nitrogens with two attached hydrogens (primary N) is 1. The number of sulfonamides is 1. The standard InChI is InChI=1S/C14H13N5O4S/c15-8-14-16-10-6-5-9(7-11(10)17-14)18-24(22,23)13-4-2-1-3-12(13)19(20)21/h1-7,18H,8,15H2,(H,16,17). The third-order valence-corrected chi connectivity index (χ3v) is 4.76. The fourth-order valence-corrected chi connectivity index (χ4v) is 3.49. The molecule has 0 bridgehead atoms. The maximum atomic E-state index is 12.5. The minimum Gasteiger partial charge on any atom is -0.341 e. The molecule has 2 aromatic carbocycles. The van der Waals surface area contributed by atoms with Gasteiger partial charge in [-0.05, 0) is 24.3 Å². The summed E-state index contributed by atoms with van der Waals surface area (Å²) in [6.07, 6.45) is 0. The zero-order valence-electron chi connectivity index (χ0n) is 12.3. The largest absolute Gasteiger partial charge is 0.341 e. The van der Waals surface area contributed by atoms with Crippen molar-refractivity contribution in [3.63, 3.8) is 0 Å². The maximum Gasteiger partial charge on any atom is 0.289 e. The van der Waals surface area contributed by atoms with E-state index in [0.717, 1.165) is 6.07 Å². The fourth-order valence-electron chi connectivity index (χ4n) is 2.27. The zero-order chi connectivity index (χ0) is 17.3. The molecule has 0 saturated heterocycles. The molecule has 0 saturated carbocycles. The zero-order valence-corrected chi connectivity index (χ0v) is 13.1. The Labute approximate surface area is 136 Å². The molecule has 0 aliphatic heterocycles. The summed E-state index contributed by atoms with van der Waals surface area (Å²) in [6, 6.07) is 9.85. The Hall–Kier alpha value is -2.98. The molecule has 0 aliphatic rings. The number of nitrogens with zero attached hydrogens (tertiary/aromatic N) is 2. The van der Waals surface area contributed by atoms with Gasteiger partial charge < -0.3 is 10.7 Å². The number of nitro groups is 1. The van der Waals surface area contributed by atoms with Gasteiger partial charge in [0.2, 0.25) is 0 Å². The van der Waals surface area contributed by atoms with E-state index in [1.807, 2.05) is 0 Å². The van der Waals surface area contributed by atoms with Gasteiger partial charge >= 0.3 is 0 Å². The van der Waals surface area contributed by atoms with Crippen molar-refractivity contribution in [2.45, 2.75) is 11.4 Å². The first kappa shape index (κ1) is 15.9. The first-order chi connectivity index (χ1) is 11.4. The van der Waals surface area contributed by atoms with Gasteiger partial charge in [-0.3, -0.25) is 14.8 Å². The van der Waals surface area contributed by atoms with Gasteiger partial charge in [-0.2, -0.15) is 0 Å². The van der Waals surface area contributed by atoms with Crippen LogP contribution in [0.3, 0.4) is 0 Å². The molecule has 124 valence electrons. The molecule has 0 unspecified atom stereocenters. The Kier molecular flexibility index (Phi) is 3.91. The van der Waals surface area contributed by atoms with Crippen LogP contribution in [-0.2, 0) is 16.6 Å². The third kappa shape index (κ3) is 2.92. The van der Waals surface area contributed by atoms with Gasteiger partial charge in [0.15, 0.2) is 4.90 Å². The molecule has 9 nitrogen and oxygen atoms in total. The lowest BCUT2D eigenvalue weighted by molar-refractivity contribution is -0.387.